The van der Waals surface area contributed by atoms with Gasteiger partial charge in [0.15, 0.2) is 0 Å². The molecule has 0 aliphatic carbocycles. The third-order valence-corrected chi connectivity index (χ3v) is 3.67. The van der Waals surface area contributed by atoms with Crippen LogP contribution in [0, 0.1) is 17.0 Å². The van der Waals surface area contributed by atoms with Gasteiger partial charge in [0.05, 0.1) is 4.92 Å². The minimum Gasteiger partial charge on any atom is -0.350 e. The SMILES string of the molecule is Cc1ccnc(NC(=O)c2ccc(Nc3ccccc3)c([N+](=O)[O-])c2)c1. The Bertz CT molecular complexity index is 958. The van der Waals surface area contributed by atoms with Crippen LogP contribution in [0.25, 0.3) is 0 Å². The molecule has 0 saturated carbocycles. The van der Waals surface area contributed by atoms with Gasteiger partial charge in [0, 0.05) is 23.5 Å². The van der Waals surface area contributed by atoms with Crippen molar-refractivity contribution in [1.29, 1.82) is 0 Å². The van der Waals surface area contributed by atoms with Crippen LogP contribution in [0.3, 0.4) is 0 Å². The summed E-state index contributed by atoms with van der Waals surface area (Å²) in [6, 6.07) is 16.9. The molecule has 2 N–H and O–H groups in total. The van der Waals surface area contributed by atoms with E-state index in [0.717, 1.165) is 11.3 Å². The van der Waals surface area contributed by atoms with Gasteiger partial charge in [-0.3, -0.25) is 14.9 Å². The first-order valence-corrected chi connectivity index (χ1v) is 7.87. The Hall–Kier alpha value is -3.74. The topological polar surface area (TPSA) is 97.2 Å². The molecule has 0 unspecified atom stereocenters. The highest BCUT2D eigenvalue weighted by Crippen LogP contribution is 2.29. The van der Waals surface area contributed by atoms with Gasteiger partial charge in [-0.2, -0.15) is 0 Å². The van der Waals surface area contributed by atoms with E-state index in [1.165, 1.54) is 18.2 Å². The molecule has 130 valence electrons. The van der Waals surface area contributed by atoms with Gasteiger partial charge in [-0.05, 0) is 48.9 Å². The number of benzene rings is 2. The molecule has 0 atom stereocenters. The summed E-state index contributed by atoms with van der Waals surface area (Å²) in [6.45, 7) is 1.88. The van der Waals surface area contributed by atoms with Crippen LogP contribution in [0.4, 0.5) is 22.9 Å². The normalized spacial score (nSPS) is 10.2. The first-order chi connectivity index (χ1) is 12.5. The summed E-state index contributed by atoms with van der Waals surface area (Å²) < 4.78 is 0. The van der Waals surface area contributed by atoms with Gasteiger partial charge >= 0.3 is 0 Å². The number of aryl methyl sites for hydroxylation is 1. The van der Waals surface area contributed by atoms with Gasteiger partial charge in [0.2, 0.25) is 0 Å². The van der Waals surface area contributed by atoms with Crippen molar-refractivity contribution in [3.8, 4) is 0 Å². The Morgan fingerprint density at radius 3 is 2.54 bits per heavy atom. The molecule has 0 aliphatic rings. The fraction of sp³-hybridized carbons (Fsp3) is 0.0526. The lowest BCUT2D eigenvalue weighted by molar-refractivity contribution is -0.383. The zero-order chi connectivity index (χ0) is 18.5. The number of pyridine rings is 1. The summed E-state index contributed by atoms with van der Waals surface area (Å²) in [5.74, 6) is -0.0680. The fourth-order valence-electron chi connectivity index (χ4n) is 2.40. The van der Waals surface area contributed by atoms with Crippen LogP contribution in [0.1, 0.15) is 15.9 Å². The molecule has 1 heterocycles. The van der Waals surface area contributed by atoms with E-state index >= 15 is 0 Å². The Kier molecular flexibility index (Phi) is 4.89. The summed E-state index contributed by atoms with van der Waals surface area (Å²) >= 11 is 0. The van der Waals surface area contributed by atoms with Crippen molar-refractivity contribution in [3.05, 3.63) is 88.1 Å². The predicted octanol–water partition coefficient (Wildman–Crippen LogP) is 4.29. The zero-order valence-corrected chi connectivity index (χ0v) is 14.0. The number of rotatable bonds is 5. The van der Waals surface area contributed by atoms with E-state index in [0.29, 0.717) is 11.5 Å². The largest absolute Gasteiger partial charge is 0.350 e. The third kappa shape index (κ3) is 4.02. The highest BCUT2D eigenvalue weighted by molar-refractivity contribution is 6.04. The molecule has 1 aromatic heterocycles. The number of para-hydroxylation sites is 1. The Labute approximate surface area is 149 Å². The molecule has 0 spiro atoms. The lowest BCUT2D eigenvalue weighted by Gasteiger charge is -2.09. The van der Waals surface area contributed by atoms with Gasteiger partial charge in [0.1, 0.15) is 11.5 Å². The van der Waals surface area contributed by atoms with Crippen LogP contribution in [0.5, 0.6) is 0 Å². The number of carbonyl (C=O) groups is 1. The zero-order valence-electron chi connectivity index (χ0n) is 14.0. The molecule has 0 radical (unpaired) electrons. The summed E-state index contributed by atoms with van der Waals surface area (Å²) in [5.41, 5.74) is 1.98. The van der Waals surface area contributed by atoms with Crippen LogP contribution >= 0.6 is 0 Å². The second-order valence-electron chi connectivity index (χ2n) is 5.65. The van der Waals surface area contributed by atoms with E-state index in [2.05, 4.69) is 15.6 Å². The fourth-order valence-corrected chi connectivity index (χ4v) is 2.40. The molecule has 1 amide bonds. The number of carbonyl (C=O) groups excluding carboxylic acids is 1. The lowest BCUT2D eigenvalue weighted by Crippen LogP contribution is -2.13. The maximum atomic E-state index is 12.4. The number of nitro benzene ring substituents is 1. The molecule has 0 fully saturated rings. The molecular formula is C19H16N4O3. The highest BCUT2D eigenvalue weighted by atomic mass is 16.6. The number of hydrogen-bond acceptors (Lipinski definition) is 5. The molecule has 26 heavy (non-hydrogen) atoms. The van der Waals surface area contributed by atoms with E-state index in [-0.39, 0.29) is 11.3 Å². The molecule has 3 aromatic rings. The first-order valence-electron chi connectivity index (χ1n) is 7.87. The second kappa shape index (κ2) is 7.43. The first kappa shape index (κ1) is 17.1. The van der Waals surface area contributed by atoms with Crippen molar-refractivity contribution in [2.24, 2.45) is 0 Å². The minimum atomic E-state index is -0.521. The van der Waals surface area contributed by atoms with Gasteiger partial charge < -0.3 is 10.6 Å². The number of nitro groups is 1. The average Bonchev–Trinajstić information content (AvgIpc) is 2.62. The Morgan fingerprint density at radius 2 is 1.85 bits per heavy atom. The van der Waals surface area contributed by atoms with Crippen molar-refractivity contribution < 1.29 is 9.72 Å². The van der Waals surface area contributed by atoms with Crippen LogP contribution in [0.15, 0.2) is 66.9 Å². The summed E-state index contributed by atoms with van der Waals surface area (Å²) in [7, 11) is 0. The van der Waals surface area contributed by atoms with Crippen LogP contribution in [-0.2, 0) is 0 Å². The van der Waals surface area contributed by atoms with Gasteiger partial charge in [-0.25, -0.2) is 4.98 Å². The lowest BCUT2D eigenvalue weighted by atomic mass is 10.1. The molecular weight excluding hydrogens is 332 g/mol. The molecule has 7 heteroatoms. The molecule has 2 aromatic carbocycles. The minimum absolute atomic E-state index is 0.179. The van der Waals surface area contributed by atoms with Crippen LogP contribution in [-0.4, -0.2) is 15.8 Å². The Morgan fingerprint density at radius 1 is 1.08 bits per heavy atom. The van der Waals surface area contributed by atoms with E-state index < -0.39 is 10.8 Å². The number of amides is 1. The average molecular weight is 348 g/mol. The van der Waals surface area contributed by atoms with E-state index in [9.17, 15) is 14.9 Å². The smallest absolute Gasteiger partial charge is 0.293 e. The quantitative estimate of drug-likeness (QED) is 0.529. The molecule has 0 saturated heterocycles. The number of hydrogen-bond donors (Lipinski definition) is 2. The van der Waals surface area contributed by atoms with Crippen LogP contribution < -0.4 is 10.6 Å². The second-order valence-corrected chi connectivity index (χ2v) is 5.65. The highest BCUT2D eigenvalue weighted by Gasteiger charge is 2.18. The standard InChI is InChI=1S/C19H16N4O3/c1-13-9-10-20-18(11-13)22-19(24)14-7-8-16(17(12-14)23(25)26)21-15-5-3-2-4-6-15/h2-12,21H,1H3,(H,20,22,24). The maximum absolute atomic E-state index is 12.4. The van der Waals surface area contributed by atoms with Gasteiger partial charge in [-0.1, -0.05) is 18.2 Å². The monoisotopic (exact) mass is 348 g/mol. The number of nitrogens with zero attached hydrogens (tertiary/aromatic N) is 2. The van der Waals surface area contributed by atoms with E-state index in [1.807, 2.05) is 31.2 Å². The maximum Gasteiger partial charge on any atom is 0.293 e. The third-order valence-electron chi connectivity index (χ3n) is 3.67. The van der Waals surface area contributed by atoms with Crippen LogP contribution in [0.2, 0.25) is 0 Å². The number of anilines is 3. The van der Waals surface area contributed by atoms with Crippen molar-refractivity contribution >= 4 is 28.8 Å². The number of nitrogens with one attached hydrogen (secondary N) is 2. The van der Waals surface area contributed by atoms with Gasteiger partial charge in [0.25, 0.3) is 11.6 Å². The summed E-state index contributed by atoms with van der Waals surface area (Å²) in [6.07, 6.45) is 1.58. The molecule has 0 aliphatic heterocycles. The van der Waals surface area contributed by atoms with E-state index in [4.69, 9.17) is 0 Å². The van der Waals surface area contributed by atoms with Crippen molar-refractivity contribution in [2.45, 2.75) is 6.92 Å². The molecule has 7 nitrogen and oxygen atoms in total. The summed E-state index contributed by atoms with van der Waals surface area (Å²) in [4.78, 5) is 27.3. The molecule has 0 bridgehead atoms. The molecule has 3 rings (SSSR count). The van der Waals surface area contributed by atoms with Gasteiger partial charge in [-0.15, -0.1) is 0 Å². The van der Waals surface area contributed by atoms with Crippen molar-refractivity contribution in [1.82, 2.24) is 4.98 Å². The van der Waals surface area contributed by atoms with E-state index in [1.54, 1.807) is 24.4 Å². The number of aromatic nitrogens is 1. The predicted molar refractivity (Wildman–Crippen MR) is 99.7 cm³/mol. The van der Waals surface area contributed by atoms with Crippen molar-refractivity contribution in [3.63, 3.8) is 0 Å². The van der Waals surface area contributed by atoms with Crippen molar-refractivity contribution in [2.75, 3.05) is 10.6 Å². The summed E-state index contributed by atoms with van der Waals surface area (Å²) in [5, 5.41) is 17.0. The Balaban J connectivity index is 1.86.